The highest BCUT2D eigenvalue weighted by Gasteiger charge is 2.32. The smallest absolute Gasteiger partial charge is 0.320 e. The van der Waals surface area contributed by atoms with Crippen LogP contribution in [0.15, 0.2) is 0 Å². The molecule has 1 rings (SSSR count). The third-order valence-corrected chi connectivity index (χ3v) is 4.07. The van der Waals surface area contributed by atoms with Crippen molar-refractivity contribution in [1.82, 2.24) is 4.31 Å². The second kappa shape index (κ2) is 5.09. The van der Waals surface area contributed by atoms with Gasteiger partial charge in [-0.15, -0.1) is 0 Å². The molecule has 2 unspecified atom stereocenters. The highest BCUT2D eigenvalue weighted by Crippen LogP contribution is 2.12. The molecule has 0 spiro atoms. The Bertz CT molecular complexity index is 353. The van der Waals surface area contributed by atoms with Gasteiger partial charge in [0.1, 0.15) is 0 Å². The summed E-state index contributed by atoms with van der Waals surface area (Å²) in [6.07, 6.45) is -0.377. The number of rotatable bonds is 4. The highest BCUT2D eigenvalue weighted by atomic mass is 32.2. The van der Waals surface area contributed by atoms with Crippen LogP contribution in [0.5, 0.6) is 0 Å². The maximum atomic E-state index is 11.6. The van der Waals surface area contributed by atoms with Gasteiger partial charge in [0, 0.05) is 19.1 Å². The topological polar surface area (TPSA) is 110 Å². The average Bonchev–Trinajstić information content (AvgIpc) is 2.16. The predicted molar refractivity (Wildman–Crippen MR) is 56.4 cm³/mol. The minimum Gasteiger partial charge on any atom is -0.480 e. The van der Waals surface area contributed by atoms with Crippen LogP contribution < -0.4 is 5.73 Å². The van der Waals surface area contributed by atoms with Gasteiger partial charge in [-0.05, 0) is 6.92 Å². The summed E-state index contributed by atoms with van der Waals surface area (Å²) in [5.41, 5.74) is 5.61. The van der Waals surface area contributed by atoms with Crippen molar-refractivity contribution in [2.24, 2.45) is 5.73 Å². The summed E-state index contributed by atoms with van der Waals surface area (Å²) in [5, 5.41) is 8.49. The molecule has 3 N–H and O–H groups in total. The quantitative estimate of drug-likeness (QED) is 0.626. The zero-order valence-corrected chi connectivity index (χ0v) is 9.81. The van der Waals surface area contributed by atoms with Gasteiger partial charge in [-0.1, -0.05) is 0 Å². The molecule has 2 atom stereocenters. The molecule has 0 aromatic carbocycles. The molecule has 1 saturated heterocycles. The molecule has 0 aromatic heterocycles. The van der Waals surface area contributed by atoms with E-state index in [1.165, 1.54) is 0 Å². The second-order valence-corrected chi connectivity index (χ2v) is 5.75. The first-order valence-corrected chi connectivity index (χ1v) is 6.50. The fourth-order valence-electron chi connectivity index (χ4n) is 1.47. The third-order valence-electron chi connectivity index (χ3n) is 2.34. The van der Waals surface area contributed by atoms with Crippen molar-refractivity contribution in [3.05, 3.63) is 0 Å². The number of morpholine rings is 1. The van der Waals surface area contributed by atoms with Gasteiger partial charge in [-0.2, -0.15) is 4.31 Å². The fourth-order valence-corrected chi connectivity index (χ4v) is 2.69. The lowest BCUT2D eigenvalue weighted by Crippen LogP contribution is -2.52. The maximum absolute atomic E-state index is 11.6. The Hall–Kier alpha value is -0.700. The molecule has 7 nitrogen and oxygen atoms in total. The van der Waals surface area contributed by atoms with E-state index in [-0.39, 0.29) is 31.8 Å². The molecular formula is C8H16N2O5S. The summed E-state index contributed by atoms with van der Waals surface area (Å²) in [4.78, 5) is 10.4. The molecule has 0 radical (unpaired) electrons. The van der Waals surface area contributed by atoms with Gasteiger partial charge in [-0.3, -0.25) is 4.79 Å². The van der Waals surface area contributed by atoms with Crippen LogP contribution in [0.2, 0.25) is 0 Å². The van der Waals surface area contributed by atoms with Crippen molar-refractivity contribution in [2.75, 3.05) is 25.4 Å². The summed E-state index contributed by atoms with van der Waals surface area (Å²) in [6, 6.07) is -0.289. The standard InChI is InChI=1S/C8H16N2O5S/c1-6(9)7-4-10(2-3-15-7)16(13,14)5-8(11)12/h6-7H,2-5,9H2,1H3,(H,11,12). The lowest BCUT2D eigenvalue weighted by atomic mass is 10.2. The number of hydrogen-bond donors (Lipinski definition) is 2. The van der Waals surface area contributed by atoms with Gasteiger partial charge in [0.05, 0.1) is 12.7 Å². The number of sulfonamides is 1. The van der Waals surface area contributed by atoms with Crippen molar-refractivity contribution >= 4 is 16.0 Å². The molecular weight excluding hydrogens is 236 g/mol. The Balaban J connectivity index is 2.70. The van der Waals surface area contributed by atoms with Crippen LogP contribution in [0.3, 0.4) is 0 Å². The summed E-state index contributed by atoms with van der Waals surface area (Å²) < 4.78 is 29.6. The third kappa shape index (κ3) is 3.41. The van der Waals surface area contributed by atoms with Crippen molar-refractivity contribution < 1.29 is 23.1 Å². The van der Waals surface area contributed by atoms with Gasteiger partial charge in [0.15, 0.2) is 5.75 Å². The van der Waals surface area contributed by atoms with Gasteiger partial charge in [0.2, 0.25) is 10.0 Å². The molecule has 0 saturated carbocycles. The van der Waals surface area contributed by atoms with E-state index in [1.54, 1.807) is 6.92 Å². The highest BCUT2D eigenvalue weighted by molar-refractivity contribution is 7.89. The van der Waals surface area contributed by atoms with Crippen molar-refractivity contribution in [1.29, 1.82) is 0 Å². The second-order valence-electron chi connectivity index (χ2n) is 3.78. The van der Waals surface area contributed by atoms with Crippen LogP contribution in [0, 0.1) is 0 Å². The predicted octanol–water partition coefficient (Wildman–Crippen LogP) is -1.55. The summed E-state index contributed by atoms with van der Waals surface area (Å²) in [6.45, 7) is 2.26. The lowest BCUT2D eigenvalue weighted by Gasteiger charge is -2.33. The number of nitrogens with two attached hydrogens (primary N) is 1. The number of carboxylic acids is 1. The molecule has 94 valence electrons. The minimum absolute atomic E-state index is 0.118. The average molecular weight is 252 g/mol. The lowest BCUT2D eigenvalue weighted by molar-refractivity contribution is -0.134. The molecule has 1 fully saturated rings. The van der Waals surface area contributed by atoms with Gasteiger partial charge in [0.25, 0.3) is 0 Å². The first-order valence-electron chi connectivity index (χ1n) is 4.89. The first-order chi connectivity index (χ1) is 7.33. The number of carboxylic acid groups (broad SMARTS) is 1. The zero-order chi connectivity index (χ0) is 12.3. The van der Waals surface area contributed by atoms with E-state index in [9.17, 15) is 13.2 Å². The van der Waals surface area contributed by atoms with Crippen LogP contribution in [0.25, 0.3) is 0 Å². The number of hydrogen-bond acceptors (Lipinski definition) is 5. The molecule has 1 aliphatic heterocycles. The van der Waals surface area contributed by atoms with Crippen molar-refractivity contribution in [3.8, 4) is 0 Å². The van der Waals surface area contributed by atoms with Crippen LogP contribution in [0.1, 0.15) is 6.92 Å². The SMILES string of the molecule is CC(N)C1CN(S(=O)(=O)CC(=O)O)CCO1. The van der Waals surface area contributed by atoms with E-state index in [0.717, 1.165) is 4.31 Å². The van der Waals surface area contributed by atoms with Crippen LogP contribution in [-0.2, 0) is 19.6 Å². The summed E-state index contributed by atoms with van der Waals surface area (Å²) in [5.74, 6) is -2.25. The van der Waals surface area contributed by atoms with E-state index < -0.39 is 21.7 Å². The van der Waals surface area contributed by atoms with Gasteiger partial charge >= 0.3 is 5.97 Å². The van der Waals surface area contributed by atoms with Crippen LogP contribution in [0.4, 0.5) is 0 Å². The van der Waals surface area contributed by atoms with Gasteiger partial charge < -0.3 is 15.6 Å². The summed E-state index contributed by atoms with van der Waals surface area (Å²) >= 11 is 0. The molecule has 0 amide bonds. The number of aliphatic carboxylic acids is 1. The van der Waals surface area contributed by atoms with E-state index in [4.69, 9.17) is 15.6 Å². The Morgan fingerprint density at radius 1 is 1.69 bits per heavy atom. The maximum Gasteiger partial charge on any atom is 0.320 e. The van der Waals surface area contributed by atoms with E-state index >= 15 is 0 Å². The normalized spacial score (nSPS) is 25.2. The van der Waals surface area contributed by atoms with E-state index in [0.29, 0.717) is 0 Å². The largest absolute Gasteiger partial charge is 0.480 e. The Morgan fingerprint density at radius 3 is 2.81 bits per heavy atom. The van der Waals surface area contributed by atoms with E-state index in [2.05, 4.69) is 0 Å². The van der Waals surface area contributed by atoms with Crippen LogP contribution in [-0.4, -0.2) is 61.4 Å². The monoisotopic (exact) mass is 252 g/mol. The fraction of sp³-hybridized carbons (Fsp3) is 0.875. The Morgan fingerprint density at radius 2 is 2.31 bits per heavy atom. The Labute approximate surface area is 94.2 Å². The molecule has 1 heterocycles. The summed E-state index contributed by atoms with van der Waals surface area (Å²) in [7, 11) is -3.75. The molecule has 0 aliphatic carbocycles. The molecule has 16 heavy (non-hydrogen) atoms. The van der Waals surface area contributed by atoms with Crippen molar-refractivity contribution in [3.63, 3.8) is 0 Å². The first kappa shape index (κ1) is 13.4. The molecule has 1 aliphatic rings. The van der Waals surface area contributed by atoms with E-state index in [1.807, 2.05) is 0 Å². The molecule has 0 aromatic rings. The number of nitrogens with zero attached hydrogens (tertiary/aromatic N) is 1. The van der Waals surface area contributed by atoms with Crippen molar-refractivity contribution in [2.45, 2.75) is 19.1 Å². The number of carbonyl (C=O) groups is 1. The zero-order valence-electron chi connectivity index (χ0n) is 9.00. The molecule has 8 heteroatoms. The minimum atomic E-state index is -3.75. The Kier molecular flexibility index (Phi) is 4.25. The van der Waals surface area contributed by atoms with Gasteiger partial charge in [-0.25, -0.2) is 8.42 Å². The number of ether oxygens (including phenoxy) is 1. The molecule has 0 bridgehead atoms. The van der Waals surface area contributed by atoms with Crippen LogP contribution >= 0.6 is 0 Å².